The molecule has 0 aromatic heterocycles. The van der Waals surface area contributed by atoms with Gasteiger partial charge in [0.2, 0.25) is 0 Å². The van der Waals surface area contributed by atoms with Crippen LogP contribution in [0.25, 0.3) is 0 Å². The summed E-state index contributed by atoms with van der Waals surface area (Å²) in [6.45, 7) is 4.48. The first-order valence-corrected chi connectivity index (χ1v) is 6.26. The number of carbonyl (C=O) groups is 1. The van der Waals surface area contributed by atoms with Gasteiger partial charge in [-0.1, -0.05) is 30.3 Å². The molecule has 0 radical (unpaired) electrons. The second kappa shape index (κ2) is 7.01. The van der Waals surface area contributed by atoms with E-state index in [0.717, 1.165) is 0 Å². The molecule has 0 fully saturated rings. The Balaban J connectivity index is 2.57. The Kier molecular flexibility index (Phi) is 5.65. The van der Waals surface area contributed by atoms with Crippen molar-refractivity contribution in [2.45, 2.75) is 25.9 Å². The van der Waals surface area contributed by atoms with E-state index >= 15 is 0 Å². The summed E-state index contributed by atoms with van der Waals surface area (Å²) in [6.07, 6.45) is 0. The fourth-order valence-corrected chi connectivity index (χ4v) is 1.78. The molecular formula is C14H23N3O. The summed E-state index contributed by atoms with van der Waals surface area (Å²) in [5.74, 6) is 0. The van der Waals surface area contributed by atoms with Crippen molar-refractivity contribution in [2.24, 2.45) is 0 Å². The zero-order valence-electron chi connectivity index (χ0n) is 11.6. The van der Waals surface area contributed by atoms with Crippen LogP contribution in [0.15, 0.2) is 30.3 Å². The number of nitrogens with zero attached hydrogens (tertiary/aromatic N) is 1. The van der Waals surface area contributed by atoms with Gasteiger partial charge in [-0.2, -0.15) is 0 Å². The van der Waals surface area contributed by atoms with Gasteiger partial charge in [0.05, 0.1) is 6.04 Å². The normalized spacial score (nSPS) is 12.6. The van der Waals surface area contributed by atoms with E-state index in [4.69, 9.17) is 0 Å². The predicted octanol–water partition coefficient (Wildman–Crippen LogP) is 2.00. The zero-order chi connectivity index (χ0) is 13.5. The number of hydrogen-bond donors (Lipinski definition) is 2. The Bertz CT molecular complexity index is 363. The SMILES string of the molecule is CC(C)NC(=O)NCC(c1ccccc1)N(C)C. The van der Waals surface area contributed by atoms with Gasteiger partial charge in [-0.25, -0.2) is 4.79 Å². The molecule has 0 aliphatic heterocycles. The van der Waals surface area contributed by atoms with Crippen molar-refractivity contribution in [3.8, 4) is 0 Å². The molecule has 0 spiro atoms. The molecule has 4 nitrogen and oxygen atoms in total. The molecular weight excluding hydrogens is 226 g/mol. The Morgan fingerprint density at radius 2 is 1.83 bits per heavy atom. The predicted molar refractivity (Wildman–Crippen MR) is 74.5 cm³/mol. The molecule has 1 aromatic carbocycles. The van der Waals surface area contributed by atoms with Crippen molar-refractivity contribution in [1.82, 2.24) is 15.5 Å². The van der Waals surface area contributed by atoms with Gasteiger partial charge in [0, 0.05) is 12.6 Å². The van der Waals surface area contributed by atoms with Crippen molar-refractivity contribution >= 4 is 6.03 Å². The number of carbonyl (C=O) groups excluding carboxylic acids is 1. The molecule has 1 rings (SSSR count). The average molecular weight is 249 g/mol. The number of nitrogens with one attached hydrogen (secondary N) is 2. The van der Waals surface area contributed by atoms with Crippen LogP contribution >= 0.6 is 0 Å². The van der Waals surface area contributed by atoms with Gasteiger partial charge >= 0.3 is 6.03 Å². The molecule has 1 aromatic rings. The van der Waals surface area contributed by atoms with E-state index in [1.54, 1.807) is 0 Å². The maximum absolute atomic E-state index is 11.6. The third kappa shape index (κ3) is 4.75. The molecule has 0 saturated heterocycles. The summed E-state index contributed by atoms with van der Waals surface area (Å²) >= 11 is 0. The second-order valence-corrected chi connectivity index (χ2v) is 4.90. The van der Waals surface area contributed by atoms with Gasteiger partial charge in [0.15, 0.2) is 0 Å². The van der Waals surface area contributed by atoms with Crippen LogP contribution in [0.5, 0.6) is 0 Å². The maximum Gasteiger partial charge on any atom is 0.315 e. The molecule has 0 aliphatic carbocycles. The van der Waals surface area contributed by atoms with Gasteiger partial charge in [-0.05, 0) is 33.5 Å². The van der Waals surface area contributed by atoms with Crippen molar-refractivity contribution < 1.29 is 4.79 Å². The summed E-state index contributed by atoms with van der Waals surface area (Å²) in [4.78, 5) is 13.7. The molecule has 100 valence electrons. The highest BCUT2D eigenvalue weighted by atomic mass is 16.2. The van der Waals surface area contributed by atoms with E-state index in [0.29, 0.717) is 6.54 Å². The van der Waals surface area contributed by atoms with Gasteiger partial charge in [0.25, 0.3) is 0 Å². The molecule has 2 amide bonds. The van der Waals surface area contributed by atoms with Gasteiger partial charge in [-0.3, -0.25) is 0 Å². The minimum absolute atomic E-state index is 0.118. The van der Waals surface area contributed by atoms with E-state index < -0.39 is 0 Å². The fraction of sp³-hybridized carbons (Fsp3) is 0.500. The van der Waals surface area contributed by atoms with Crippen LogP contribution in [0.4, 0.5) is 4.79 Å². The van der Waals surface area contributed by atoms with Crippen LogP contribution in [0.3, 0.4) is 0 Å². The van der Waals surface area contributed by atoms with E-state index in [2.05, 4.69) is 27.7 Å². The zero-order valence-corrected chi connectivity index (χ0v) is 11.6. The highest BCUT2D eigenvalue weighted by Gasteiger charge is 2.14. The number of benzene rings is 1. The summed E-state index contributed by atoms with van der Waals surface area (Å²) in [7, 11) is 4.03. The molecule has 1 atom stereocenters. The summed E-state index contributed by atoms with van der Waals surface area (Å²) < 4.78 is 0. The first-order chi connectivity index (χ1) is 8.50. The minimum atomic E-state index is -0.118. The first-order valence-electron chi connectivity index (χ1n) is 6.26. The summed E-state index contributed by atoms with van der Waals surface area (Å²) in [5.41, 5.74) is 1.20. The lowest BCUT2D eigenvalue weighted by Crippen LogP contribution is -2.43. The molecule has 0 heterocycles. The van der Waals surface area contributed by atoms with Crippen LogP contribution in [0.1, 0.15) is 25.5 Å². The molecule has 0 aliphatic rings. The van der Waals surface area contributed by atoms with E-state index in [1.165, 1.54) is 5.56 Å². The topological polar surface area (TPSA) is 44.4 Å². The second-order valence-electron chi connectivity index (χ2n) is 4.90. The van der Waals surface area contributed by atoms with Crippen molar-refractivity contribution in [3.05, 3.63) is 35.9 Å². The quantitative estimate of drug-likeness (QED) is 0.838. The number of urea groups is 1. The fourth-order valence-electron chi connectivity index (χ4n) is 1.78. The molecule has 1 unspecified atom stereocenters. The summed E-state index contributed by atoms with van der Waals surface area (Å²) in [5, 5.41) is 5.72. The summed E-state index contributed by atoms with van der Waals surface area (Å²) in [6, 6.07) is 10.4. The smallest absolute Gasteiger partial charge is 0.315 e. The van der Waals surface area contributed by atoms with Crippen LogP contribution in [0, 0.1) is 0 Å². The lowest BCUT2D eigenvalue weighted by Gasteiger charge is -2.25. The van der Waals surface area contributed by atoms with Gasteiger partial charge in [-0.15, -0.1) is 0 Å². The number of likely N-dealkylation sites (N-methyl/N-ethyl adjacent to an activating group) is 1. The largest absolute Gasteiger partial charge is 0.336 e. The number of rotatable bonds is 5. The minimum Gasteiger partial charge on any atom is -0.336 e. The van der Waals surface area contributed by atoms with Crippen LogP contribution < -0.4 is 10.6 Å². The van der Waals surface area contributed by atoms with Crippen molar-refractivity contribution in [2.75, 3.05) is 20.6 Å². The molecule has 0 bridgehead atoms. The third-order valence-corrected chi connectivity index (χ3v) is 2.68. The van der Waals surface area contributed by atoms with Crippen LogP contribution in [0.2, 0.25) is 0 Å². The monoisotopic (exact) mass is 249 g/mol. The van der Waals surface area contributed by atoms with Crippen LogP contribution in [-0.2, 0) is 0 Å². The maximum atomic E-state index is 11.6. The highest BCUT2D eigenvalue weighted by molar-refractivity contribution is 5.74. The third-order valence-electron chi connectivity index (χ3n) is 2.68. The number of hydrogen-bond acceptors (Lipinski definition) is 2. The molecule has 4 heteroatoms. The molecule has 0 saturated carbocycles. The van der Waals surface area contributed by atoms with E-state index in [9.17, 15) is 4.79 Å². The lowest BCUT2D eigenvalue weighted by molar-refractivity contribution is 0.230. The van der Waals surface area contributed by atoms with Gasteiger partial charge in [0.1, 0.15) is 0 Å². The van der Waals surface area contributed by atoms with Crippen molar-refractivity contribution in [3.63, 3.8) is 0 Å². The number of amides is 2. The van der Waals surface area contributed by atoms with Gasteiger partial charge < -0.3 is 15.5 Å². The molecule has 18 heavy (non-hydrogen) atoms. The van der Waals surface area contributed by atoms with Crippen LogP contribution in [-0.4, -0.2) is 37.6 Å². The Morgan fingerprint density at radius 3 is 2.33 bits per heavy atom. The van der Waals surface area contributed by atoms with E-state index in [-0.39, 0.29) is 18.1 Å². The standard InChI is InChI=1S/C14H23N3O/c1-11(2)16-14(18)15-10-13(17(3)4)12-8-6-5-7-9-12/h5-9,11,13H,10H2,1-4H3,(H2,15,16,18). The Morgan fingerprint density at radius 1 is 1.22 bits per heavy atom. The Hall–Kier alpha value is -1.55. The first kappa shape index (κ1) is 14.5. The average Bonchev–Trinajstić information content (AvgIpc) is 2.29. The highest BCUT2D eigenvalue weighted by Crippen LogP contribution is 2.16. The van der Waals surface area contributed by atoms with Crippen molar-refractivity contribution in [1.29, 1.82) is 0 Å². The van der Waals surface area contributed by atoms with E-state index in [1.807, 2.05) is 46.1 Å². The molecule has 2 N–H and O–H groups in total. The lowest BCUT2D eigenvalue weighted by atomic mass is 10.1. The Labute approximate surface area is 109 Å².